The number of halogens is 2. The number of likely N-dealkylation sites (tertiary alicyclic amines) is 1. The van der Waals surface area contributed by atoms with Gasteiger partial charge in [0.05, 0.1) is 27.0 Å². The Morgan fingerprint density at radius 3 is 1.63 bits per heavy atom. The molecule has 1 fully saturated rings. The van der Waals surface area contributed by atoms with Crippen LogP contribution in [0.3, 0.4) is 0 Å². The lowest BCUT2D eigenvalue weighted by Gasteiger charge is -2.55. The molecule has 2 bridgehead atoms. The summed E-state index contributed by atoms with van der Waals surface area (Å²) in [7, 11) is 0. The number of nitrogens with zero attached hydrogens (tertiary/aromatic N) is 2. The molecule has 0 saturated carbocycles. The maximum absolute atomic E-state index is 13.7. The Hall–Kier alpha value is -2.31. The van der Waals surface area contributed by atoms with Gasteiger partial charge in [0.15, 0.2) is 0 Å². The van der Waals surface area contributed by atoms with Gasteiger partial charge in [0.25, 0.3) is 0 Å². The predicted molar refractivity (Wildman–Crippen MR) is 119 cm³/mol. The van der Waals surface area contributed by atoms with E-state index in [-0.39, 0.29) is 18.4 Å². The van der Waals surface area contributed by atoms with Gasteiger partial charge in [-0.3, -0.25) is 19.5 Å². The Bertz CT molecular complexity index is 1110. The first-order valence-electron chi connectivity index (χ1n) is 9.81. The summed E-state index contributed by atoms with van der Waals surface area (Å²) in [6.07, 6.45) is 3.39. The van der Waals surface area contributed by atoms with Gasteiger partial charge in [-0.1, -0.05) is 86.5 Å². The second kappa shape index (κ2) is 6.11. The molecule has 1 saturated heterocycles. The number of aromatic nitrogens is 1. The first-order valence-corrected chi connectivity index (χ1v) is 11.4. The van der Waals surface area contributed by atoms with Crippen LogP contribution < -0.4 is 0 Å². The lowest BCUT2D eigenvalue weighted by atomic mass is 9.54. The van der Waals surface area contributed by atoms with Crippen LogP contribution in [0.25, 0.3) is 0 Å². The number of hydrogen-bond donors (Lipinski definition) is 0. The van der Waals surface area contributed by atoms with E-state index in [4.69, 9.17) is 0 Å². The van der Waals surface area contributed by atoms with Gasteiger partial charge in [-0.25, -0.2) is 0 Å². The van der Waals surface area contributed by atoms with E-state index >= 15 is 0 Å². The molecule has 0 radical (unpaired) electrons. The van der Waals surface area contributed by atoms with Crippen molar-refractivity contribution in [2.75, 3.05) is 0 Å². The zero-order valence-electron chi connectivity index (χ0n) is 15.8. The number of carbonyl (C=O) groups excluding carboxylic acids is 2. The molecule has 1 aromatic heterocycles. The second-order valence-corrected chi connectivity index (χ2v) is 10.6. The number of rotatable bonds is 2. The highest BCUT2D eigenvalue weighted by molar-refractivity contribution is 9.10. The fraction of sp³-hybridized carbons (Fsp3) is 0.208. The number of benzene rings is 2. The van der Waals surface area contributed by atoms with Crippen molar-refractivity contribution in [3.63, 3.8) is 0 Å². The smallest absolute Gasteiger partial charge is 0.235 e. The zero-order valence-corrected chi connectivity index (χ0v) is 18.9. The van der Waals surface area contributed by atoms with Gasteiger partial charge in [-0.2, -0.15) is 0 Å². The van der Waals surface area contributed by atoms with Gasteiger partial charge in [-0.15, -0.1) is 0 Å². The number of carbonyl (C=O) groups is 2. The Morgan fingerprint density at radius 2 is 1.23 bits per heavy atom. The summed E-state index contributed by atoms with van der Waals surface area (Å²) < 4.78 is -1.48. The third-order valence-electron chi connectivity index (χ3n) is 6.74. The van der Waals surface area contributed by atoms with Gasteiger partial charge < -0.3 is 0 Å². The van der Waals surface area contributed by atoms with Crippen molar-refractivity contribution in [2.24, 2.45) is 11.8 Å². The molecule has 2 amide bonds. The van der Waals surface area contributed by atoms with Crippen LogP contribution in [-0.4, -0.2) is 21.7 Å². The molecule has 2 aromatic carbocycles. The Morgan fingerprint density at radius 1 is 0.767 bits per heavy atom. The van der Waals surface area contributed by atoms with Gasteiger partial charge in [0, 0.05) is 12.4 Å². The van der Waals surface area contributed by atoms with Gasteiger partial charge in [0.2, 0.25) is 11.8 Å². The van der Waals surface area contributed by atoms with E-state index in [0.29, 0.717) is 0 Å². The average Bonchev–Trinajstić information content (AvgIpc) is 3.04. The molecule has 0 N–H and O–H groups in total. The summed E-state index contributed by atoms with van der Waals surface area (Å²) in [5.74, 6) is -1.33. The van der Waals surface area contributed by atoms with Crippen molar-refractivity contribution in [1.82, 2.24) is 9.88 Å². The maximum Gasteiger partial charge on any atom is 0.235 e. The highest BCUT2D eigenvalue weighted by Gasteiger charge is 2.72. The number of pyridine rings is 1. The highest BCUT2D eigenvalue weighted by Crippen LogP contribution is 2.70. The van der Waals surface area contributed by atoms with E-state index < -0.39 is 20.5 Å². The molecule has 2 heterocycles. The second-order valence-electron chi connectivity index (χ2n) is 8.09. The lowest BCUT2D eigenvalue weighted by Crippen LogP contribution is -2.56. The number of imide groups is 1. The third kappa shape index (κ3) is 2.04. The van der Waals surface area contributed by atoms with Crippen molar-refractivity contribution in [1.29, 1.82) is 0 Å². The normalized spacial score (nSPS) is 30.8. The molecule has 0 unspecified atom stereocenters. The Balaban J connectivity index is 1.59. The van der Waals surface area contributed by atoms with Crippen molar-refractivity contribution >= 4 is 43.7 Å². The summed E-state index contributed by atoms with van der Waals surface area (Å²) in [6, 6.07) is 19.9. The third-order valence-corrected chi connectivity index (χ3v) is 9.44. The molecule has 30 heavy (non-hydrogen) atoms. The fourth-order valence-electron chi connectivity index (χ4n) is 5.55. The van der Waals surface area contributed by atoms with Crippen LogP contribution in [0.2, 0.25) is 0 Å². The number of amides is 2. The Kier molecular flexibility index (Phi) is 3.76. The average molecular weight is 524 g/mol. The number of hydrogen-bond acceptors (Lipinski definition) is 3. The molecule has 1 aliphatic heterocycles. The minimum atomic E-state index is -0.739. The van der Waals surface area contributed by atoms with E-state index in [1.807, 2.05) is 36.4 Å². The minimum absolute atomic E-state index is 0.140. The first kappa shape index (κ1) is 18.5. The van der Waals surface area contributed by atoms with Gasteiger partial charge >= 0.3 is 0 Å². The molecular formula is C24H16Br2N2O2. The molecule has 3 aliphatic carbocycles. The van der Waals surface area contributed by atoms with Gasteiger partial charge in [0.1, 0.15) is 0 Å². The molecule has 0 spiro atoms. The van der Waals surface area contributed by atoms with Crippen LogP contribution in [0.15, 0.2) is 73.1 Å². The largest absolute Gasteiger partial charge is 0.277 e. The summed E-state index contributed by atoms with van der Waals surface area (Å²) in [5, 5.41) is 0. The van der Waals surface area contributed by atoms with Crippen molar-refractivity contribution in [2.45, 2.75) is 15.2 Å². The van der Waals surface area contributed by atoms with Crippen LogP contribution >= 0.6 is 31.9 Å². The summed E-state index contributed by atoms with van der Waals surface area (Å²) in [5.41, 5.74) is 5.03. The quantitative estimate of drug-likeness (QED) is 0.367. The molecule has 4 aliphatic rings. The van der Waals surface area contributed by atoms with Gasteiger partial charge in [-0.05, 0) is 33.9 Å². The SMILES string of the molecule is O=C1[C@@H]2[C@@H](C(=O)N1Cc1cccnc1)C1(Br)c3ccccc3C2(Br)c2ccccc21. The highest BCUT2D eigenvalue weighted by atomic mass is 79.9. The molecule has 2 atom stereocenters. The number of alkyl halides is 2. The van der Waals surface area contributed by atoms with Crippen LogP contribution in [0.1, 0.15) is 27.8 Å². The van der Waals surface area contributed by atoms with Crippen molar-refractivity contribution in [3.05, 3.63) is 101 Å². The topological polar surface area (TPSA) is 50.3 Å². The van der Waals surface area contributed by atoms with Crippen LogP contribution in [0.4, 0.5) is 0 Å². The monoisotopic (exact) mass is 522 g/mol. The van der Waals surface area contributed by atoms with Crippen LogP contribution in [-0.2, 0) is 24.8 Å². The maximum atomic E-state index is 13.7. The summed E-state index contributed by atoms with van der Waals surface area (Å²) >= 11 is 8.02. The van der Waals surface area contributed by atoms with E-state index in [1.165, 1.54) is 4.90 Å². The van der Waals surface area contributed by atoms with E-state index in [0.717, 1.165) is 27.8 Å². The molecular weight excluding hydrogens is 508 g/mol. The molecule has 7 rings (SSSR count). The summed E-state index contributed by atoms with van der Waals surface area (Å²) in [6.45, 7) is 0.233. The van der Waals surface area contributed by atoms with E-state index in [2.05, 4.69) is 61.1 Å². The molecule has 148 valence electrons. The van der Waals surface area contributed by atoms with Crippen LogP contribution in [0.5, 0.6) is 0 Å². The van der Waals surface area contributed by atoms with E-state index in [1.54, 1.807) is 12.4 Å². The molecule has 3 aromatic rings. The summed E-state index contributed by atoms with van der Waals surface area (Å²) in [4.78, 5) is 33.0. The first-order chi connectivity index (χ1) is 14.5. The lowest BCUT2D eigenvalue weighted by molar-refractivity contribution is -0.140. The minimum Gasteiger partial charge on any atom is -0.277 e. The standard InChI is InChI=1S/C24H16Br2N2O2/c25-23-15-7-1-2-8-16(15)24(26,18-10-4-3-9-17(18)23)20-19(23)21(29)28(22(20)30)13-14-6-5-11-27-12-14/h1-12,19-20H,13H2/t19-,20-,23?,24?/m0/s1. The zero-order chi connectivity index (χ0) is 20.7. The van der Waals surface area contributed by atoms with Crippen LogP contribution in [0, 0.1) is 11.8 Å². The van der Waals surface area contributed by atoms with E-state index in [9.17, 15) is 9.59 Å². The molecule has 4 nitrogen and oxygen atoms in total. The fourth-order valence-corrected chi connectivity index (χ4v) is 7.86. The molecule has 6 heteroatoms. The Labute approximate surface area is 190 Å². The van der Waals surface area contributed by atoms with Crippen molar-refractivity contribution in [3.8, 4) is 0 Å². The predicted octanol–water partition coefficient (Wildman–Crippen LogP) is 4.49. The van der Waals surface area contributed by atoms with Crippen molar-refractivity contribution < 1.29 is 9.59 Å².